The second kappa shape index (κ2) is 11.1. The number of morpholine rings is 1. The minimum Gasteiger partial charge on any atom is -0.379 e. The first-order valence-electron chi connectivity index (χ1n) is 9.90. The number of aromatic nitrogens is 1. The monoisotopic (exact) mass is 465 g/mol. The fraction of sp³-hybridized carbons (Fsp3) is 0.364. The molecule has 5 nitrogen and oxygen atoms in total. The van der Waals surface area contributed by atoms with E-state index in [1.165, 1.54) is 0 Å². The Bertz CT molecular complexity index is 943. The summed E-state index contributed by atoms with van der Waals surface area (Å²) in [6.07, 6.45) is 1.16. The molecule has 2 heterocycles. The normalized spacial score (nSPS) is 14.4. The summed E-state index contributed by atoms with van der Waals surface area (Å²) in [5.74, 6) is 0.0270. The standard InChI is InChI=1S/C22H24ClN3O2S.ClH/c23-18-7-2-1-6-17(18)16-21(27)26(11-5-10-25-12-14-28-15-13-25)22-24-19-8-3-4-9-20(19)29-22;/h1-4,6-9H,5,10-16H2;1H. The third-order valence-electron chi connectivity index (χ3n) is 5.07. The van der Waals surface area contributed by atoms with Gasteiger partial charge in [-0.25, -0.2) is 4.98 Å². The summed E-state index contributed by atoms with van der Waals surface area (Å²) in [7, 11) is 0. The minimum atomic E-state index is 0. The molecule has 0 radical (unpaired) electrons. The molecule has 0 saturated carbocycles. The average Bonchev–Trinajstić information content (AvgIpc) is 3.17. The van der Waals surface area contributed by atoms with Gasteiger partial charge in [0.2, 0.25) is 5.91 Å². The number of carbonyl (C=O) groups is 1. The van der Waals surface area contributed by atoms with Gasteiger partial charge in [0.05, 0.1) is 29.9 Å². The van der Waals surface area contributed by atoms with E-state index >= 15 is 0 Å². The molecule has 0 unspecified atom stereocenters. The second-order valence-electron chi connectivity index (χ2n) is 7.09. The van der Waals surface area contributed by atoms with E-state index in [1.807, 2.05) is 53.4 Å². The van der Waals surface area contributed by atoms with E-state index < -0.39 is 0 Å². The van der Waals surface area contributed by atoms with Crippen molar-refractivity contribution in [3.05, 3.63) is 59.1 Å². The molecule has 1 aromatic heterocycles. The lowest BCUT2D eigenvalue weighted by Crippen LogP contribution is -2.39. The van der Waals surface area contributed by atoms with E-state index in [9.17, 15) is 4.79 Å². The van der Waals surface area contributed by atoms with Crippen LogP contribution >= 0.6 is 35.3 Å². The Morgan fingerprint density at radius 1 is 1.13 bits per heavy atom. The van der Waals surface area contributed by atoms with Gasteiger partial charge in [-0.15, -0.1) is 12.4 Å². The smallest absolute Gasteiger partial charge is 0.233 e. The largest absolute Gasteiger partial charge is 0.379 e. The maximum Gasteiger partial charge on any atom is 0.233 e. The van der Waals surface area contributed by atoms with Gasteiger partial charge >= 0.3 is 0 Å². The van der Waals surface area contributed by atoms with Gasteiger partial charge in [-0.1, -0.05) is 53.3 Å². The number of amides is 1. The molecular weight excluding hydrogens is 441 g/mol. The van der Waals surface area contributed by atoms with Crippen LogP contribution in [0.1, 0.15) is 12.0 Å². The zero-order valence-electron chi connectivity index (χ0n) is 16.6. The van der Waals surface area contributed by atoms with Crippen LogP contribution in [-0.2, 0) is 16.0 Å². The Kier molecular flexibility index (Phi) is 8.48. The highest BCUT2D eigenvalue weighted by molar-refractivity contribution is 7.22. The van der Waals surface area contributed by atoms with Crippen LogP contribution in [-0.4, -0.2) is 55.2 Å². The summed E-state index contributed by atoms with van der Waals surface area (Å²) in [6, 6.07) is 15.5. The molecule has 0 bridgehead atoms. The average molecular weight is 466 g/mol. The van der Waals surface area contributed by atoms with E-state index in [0.717, 1.165) is 60.2 Å². The van der Waals surface area contributed by atoms with Crippen molar-refractivity contribution in [1.82, 2.24) is 9.88 Å². The number of carbonyl (C=O) groups excluding carboxylic acids is 1. The van der Waals surface area contributed by atoms with Crippen molar-refractivity contribution in [1.29, 1.82) is 0 Å². The fourth-order valence-corrected chi connectivity index (χ4v) is 4.69. The number of anilines is 1. The molecule has 4 rings (SSSR count). The van der Waals surface area contributed by atoms with Crippen LogP contribution in [0, 0.1) is 0 Å². The maximum atomic E-state index is 13.2. The Labute approximate surface area is 192 Å². The Morgan fingerprint density at radius 3 is 2.63 bits per heavy atom. The van der Waals surface area contributed by atoms with Crippen molar-refractivity contribution in [2.45, 2.75) is 12.8 Å². The number of hydrogen-bond acceptors (Lipinski definition) is 5. The Hall–Kier alpha value is -1.70. The third-order valence-corrected chi connectivity index (χ3v) is 6.50. The lowest BCUT2D eigenvalue weighted by atomic mass is 10.1. The topological polar surface area (TPSA) is 45.7 Å². The number of nitrogens with zero attached hydrogens (tertiary/aromatic N) is 3. The van der Waals surface area contributed by atoms with Gasteiger partial charge < -0.3 is 4.74 Å². The number of hydrogen-bond donors (Lipinski definition) is 0. The van der Waals surface area contributed by atoms with Crippen molar-refractivity contribution >= 4 is 56.6 Å². The molecule has 0 aliphatic carbocycles. The molecule has 2 aromatic carbocycles. The molecule has 1 saturated heterocycles. The number of benzene rings is 2. The molecule has 1 fully saturated rings. The van der Waals surface area contributed by atoms with Crippen LogP contribution in [0.4, 0.5) is 5.13 Å². The van der Waals surface area contributed by atoms with Gasteiger partial charge in [0, 0.05) is 31.2 Å². The number of para-hydroxylation sites is 1. The van der Waals surface area contributed by atoms with E-state index in [1.54, 1.807) is 11.3 Å². The SMILES string of the molecule is Cl.O=C(Cc1ccccc1Cl)N(CCCN1CCOCC1)c1nc2ccccc2s1. The van der Waals surface area contributed by atoms with E-state index in [0.29, 0.717) is 11.6 Å². The van der Waals surface area contributed by atoms with Crippen LogP contribution in [0.25, 0.3) is 10.2 Å². The van der Waals surface area contributed by atoms with Crippen LogP contribution in [0.3, 0.4) is 0 Å². The molecule has 160 valence electrons. The molecule has 0 spiro atoms. The van der Waals surface area contributed by atoms with Crippen LogP contribution in [0.2, 0.25) is 5.02 Å². The molecule has 3 aromatic rings. The Balaban J connectivity index is 0.00000256. The number of thiazole rings is 1. The molecule has 0 N–H and O–H groups in total. The van der Waals surface area contributed by atoms with Gasteiger partial charge in [0.15, 0.2) is 5.13 Å². The highest BCUT2D eigenvalue weighted by Gasteiger charge is 2.21. The molecule has 1 aliphatic rings. The maximum absolute atomic E-state index is 13.2. The van der Waals surface area contributed by atoms with Crippen LogP contribution in [0.5, 0.6) is 0 Å². The summed E-state index contributed by atoms with van der Waals surface area (Å²) in [6.45, 7) is 5.06. The van der Waals surface area contributed by atoms with Crippen molar-refractivity contribution < 1.29 is 9.53 Å². The highest BCUT2D eigenvalue weighted by atomic mass is 35.5. The number of ether oxygens (including phenoxy) is 1. The molecule has 0 atom stereocenters. The zero-order chi connectivity index (χ0) is 20.1. The first kappa shape index (κ1) is 23.0. The molecule has 1 aliphatic heterocycles. The summed E-state index contributed by atoms with van der Waals surface area (Å²) >= 11 is 7.85. The fourth-order valence-electron chi connectivity index (χ4n) is 3.48. The Morgan fingerprint density at radius 2 is 1.87 bits per heavy atom. The lowest BCUT2D eigenvalue weighted by molar-refractivity contribution is -0.118. The first-order chi connectivity index (χ1) is 14.2. The number of halogens is 2. The van der Waals surface area contributed by atoms with Gasteiger partial charge in [-0.2, -0.15) is 0 Å². The van der Waals surface area contributed by atoms with Crippen molar-refractivity contribution in [3.8, 4) is 0 Å². The number of fused-ring (bicyclic) bond motifs is 1. The molecule has 1 amide bonds. The summed E-state index contributed by atoms with van der Waals surface area (Å²) in [5.41, 5.74) is 1.77. The second-order valence-corrected chi connectivity index (χ2v) is 8.50. The molecule has 8 heteroatoms. The quantitative estimate of drug-likeness (QED) is 0.508. The van der Waals surface area contributed by atoms with Crippen molar-refractivity contribution in [2.75, 3.05) is 44.3 Å². The van der Waals surface area contributed by atoms with E-state index in [2.05, 4.69) is 4.90 Å². The van der Waals surface area contributed by atoms with Crippen LogP contribution < -0.4 is 4.90 Å². The van der Waals surface area contributed by atoms with E-state index in [4.69, 9.17) is 21.3 Å². The van der Waals surface area contributed by atoms with E-state index in [-0.39, 0.29) is 24.7 Å². The van der Waals surface area contributed by atoms with Gasteiger partial charge in [0.1, 0.15) is 0 Å². The van der Waals surface area contributed by atoms with Gasteiger partial charge in [0.25, 0.3) is 0 Å². The van der Waals surface area contributed by atoms with Gasteiger partial charge in [-0.3, -0.25) is 14.6 Å². The van der Waals surface area contributed by atoms with Crippen LogP contribution in [0.15, 0.2) is 48.5 Å². The minimum absolute atomic E-state index is 0. The first-order valence-corrected chi connectivity index (χ1v) is 11.1. The zero-order valence-corrected chi connectivity index (χ0v) is 19.0. The number of rotatable bonds is 7. The van der Waals surface area contributed by atoms with Gasteiger partial charge in [-0.05, 0) is 30.2 Å². The lowest BCUT2D eigenvalue weighted by Gasteiger charge is -2.27. The predicted molar refractivity (Wildman–Crippen MR) is 126 cm³/mol. The summed E-state index contributed by atoms with van der Waals surface area (Å²) in [4.78, 5) is 22.2. The summed E-state index contributed by atoms with van der Waals surface area (Å²) in [5, 5.41) is 1.38. The highest BCUT2D eigenvalue weighted by Crippen LogP contribution is 2.29. The third kappa shape index (κ3) is 5.71. The van der Waals surface area contributed by atoms with Crippen molar-refractivity contribution in [2.24, 2.45) is 0 Å². The van der Waals surface area contributed by atoms with Crippen molar-refractivity contribution in [3.63, 3.8) is 0 Å². The molecular formula is C22H25Cl2N3O2S. The summed E-state index contributed by atoms with van der Waals surface area (Å²) < 4.78 is 6.51. The predicted octanol–water partition coefficient (Wildman–Crippen LogP) is 4.67. The molecule has 30 heavy (non-hydrogen) atoms.